The van der Waals surface area contributed by atoms with E-state index in [4.69, 9.17) is 16.3 Å². The maximum Gasteiger partial charge on any atom is 0.261 e. The Morgan fingerprint density at radius 3 is 2.00 bits per heavy atom. The molecular weight excluding hydrogens is 558 g/mol. The summed E-state index contributed by atoms with van der Waals surface area (Å²) >= 11 is 6.35. The molecule has 0 aliphatic carbocycles. The van der Waals surface area contributed by atoms with Crippen molar-refractivity contribution < 1.29 is 17.9 Å². The Hall–Kier alpha value is -3.85. The van der Waals surface area contributed by atoms with E-state index >= 15 is 0 Å². The number of rotatable bonds is 9. The molecule has 1 amide bonds. The summed E-state index contributed by atoms with van der Waals surface area (Å²) < 4.78 is 33.9. The van der Waals surface area contributed by atoms with E-state index in [0.29, 0.717) is 18.8 Å². The molecule has 0 spiro atoms. The lowest BCUT2D eigenvalue weighted by Crippen LogP contribution is -2.51. The van der Waals surface area contributed by atoms with E-state index in [2.05, 4.69) is 58.2 Å². The average molecular weight is 590 g/mol. The minimum absolute atomic E-state index is 0.00394. The monoisotopic (exact) mass is 589 g/mol. The number of sulfonamides is 1. The van der Waals surface area contributed by atoms with Crippen LogP contribution in [-0.2, 0) is 14.8 Å². The fourth-order valence-corrected chi connectivity index (χ4v) is 6.33. The highest BCUT2D eigenvalue weighted by molar-refractivity contribution is 7.92. The highest BCUT2D eigenvalue weighted by Gasteiger charge is 2.28. The summed E-state index contributed by atoms with van der Waals surface area (Å²) in [5.41, 5.74) is 3.92. The van der Waals surface area contributed by atoms with Crippen LogP contribution in [-0.4, -0.2) is 56.9 Å². The van der Waals surface area contributed by atoms with E-state index in [-0.39, 0.29) is 34.2 Å². The molecule has 41 heavy (non-hydrogen) atoms. The number of aryl methyl sites for hydroxylation is 1. The Bertz CT molecular complexity index is 1540. The summed E-state index contributed by atoms with van der Waals surface area (Å²) in [7, 11) is -3.84. The minimum atomic E-state index is -3.84. The van der Waals surface area contributed by atoms with Gasteiger partial charge in [-0.1, -0.05) is 90.0 Å². The van der Waals surface area contributed by atoms with Gasteiger partial charge < -0.3 is 9.64 Å². The van der Waals surface area contributed by atoms with Gasteiger partial charge in [-0.3, -0.25) is 14.4 Å². The van der Waals surface area contributed by atoms with Crippen molar-refractivity contribution in [3.63, 3.8) is 0 Å². The predicted octanol–water partition coefficient (Wildman–Crippen LogP) is 5.76. The van der Waals surface area contributed by atoms with Gasteiger partial charge in [-0.05, 0) is 48.4 Å². The molecule has 7 nitrogen and oxygen atoms in total. The van der Waals surface area contributed by atoms with Gasteiger partial charge in [0.25, 0.3) is 15.9 Å². The topological polar surface area (TPSA) is 78.9 Å². The van der Waals surface area contributed by atoms with Gasteiger partial charge in [0.05, 0.1) is 16.0 Å². The van der Waals surface area contributed by atoms with E-state index in [1.165, 1.54) is 29.3 Å². The molecule has 0 atom stereocenters. The summed E-state index contributed by atoms with van der Waals surface area (Å²) in [6.45, 7) is 4.34. The Morgan fingerprint density at radius 2 is 1.44 bits per heavy atom. The number of carbonyl (C=O) groups excluding carboxylic acids is 1. The van der Waals surface area contributed by atoms with E-state index in [0.717, 1.165) is 18.7 Å². The molecular formula is C32H32ClN3O4S. The maximum absolute atomic E-state index is 13.0. The van der Waals surface area contributed by atoms with E-state index in [1.54, 1.807) is 17.0 Å². The number of nitrogens with one attached hydrogen (secondary N) is 1. The number of ether oxygens (including phenoxy) is 1. The second-order valence-corrected chi connectivity index (χ2v) is 12.1. The summed E-state index contributed by atoms with van der Waals surface area (Å²) in [6.07, 6.45) is 0. The second kappa shape index (κ2) is 12.8. The molecule has 0 bridgehead atoms. The van der Waals surface area contributed by atoms with Crippen molar-refractivity contribution in [3.8, 4) is 5.75 Å². The zero-order valence-corrected chi connectivity index (χ0v) is 24.3. The number of carbonyl (C=O) groups is 1. The van der Waals surface area contributed by atoms with Crippen molar-refractivity contribution in [2.24, 2.45) is 0 Å². The summed E-state index contributed by atoms with van der Waals surface area (Å²) in [5, 5.41) is 0.114. The van der Waals surface area contributed by atoms with Gasteiger partial charge in [0.2, 0.25) is 0 Å². The van der Waals surface area contributed by atoms with Gasteiger partial charge in [-0.25, -0.2) is 8.42 Å². The molecule has 9 heteroatoms. The fraction of sp³-hybridized carbons (Fsp3) is 0.219. The molecule has 4 aromatic carbocycles. The maximum atomic E-state index is 13.0. The molecule has 4 aromatic rings. The first-order chi connectivity index (χ1) is 19.8. The van der Waals surface area contributed by atoms with Crippen LogP contribution >= 0.6 is 11.6 Å². The largest absolute Gasteiger partial charge is 0.482 e. The van der Waals surface area contributed by atoms with Gasteiger partial charge in [0.1, 0.15) is 5.75 Å². The molecule has 1 saturated heterocycles. The summed E-state index contributed by atoms with van der Waals surface area (Å²) in [5.74, 6) is 0.107. The molecule has 0 unspecified atom stereocenters. The molecule has 0 radical (unpaired) electrons. The van der Waals surface area contributed by atoms with Crippen molar-refractivity contribution in [2.75, 3.05) is 37.5 Å². The summed E-state index contributed by atoms with van der Waals surface area (Å²) in [6, 6.07) is 32.2. The molecule has 1 N–H and O–H groups in total. The number of amides is 1. The third-order valence-electron chi connectivity index (χ3n) is 7.13. The van der Waals surface area contributed by atoms with Gasteiger partial charge in [0.15, 0.2) is 6.61 Å². The Morgan fingerprint density at radius 1 is 0.854 bits per heavy atom. The number of nitrogens with zero attached hydrogens (tertiary/aromatic N) is 2. The normalized spacial score (nSPS) is 14.2. The van der Waals surface area contributed by atoms with E-state index in [9.17, 15) is 13.2 Å². The van der Waals surface area contributed by atoms with Crippen LogP contribution in [0.25, 0.3) is 0 Å². The van der Waals surface area contributed by atoms with Gasteiger partial charge >= 0.3 is 0 Å². The lowest BCUT2D eigenvalue weighted by Gasteiger charge is -2.39. The highest BCUT2D eigenvalue weighted by atomic mass is 35.5. The molecule has 5 rings (SSSR count). The fourth-order valence-electron chi connectivity index (χ4n) is 4.95. The van der Waals surface area contributed by atoms with Crippen molar-refractivity contribution in [1.82, 2.24) is 9.80 Å². The zero-order chi connectivity index (χ0) is 28.8. The van der Waals surface area contributed by atoms with Crippen molar-refractivity contribution in [1.29, 1.82) is 0 Å². The zero-order valence-electron chi connectivity index (χ0n) is 22.7. The first kappa shape index (κ1) is 28.7. The number of halogens is 1. The Balaban J connectivity index is 1.18. The number of anilines is 1. The molecule has 1 fully saturated rings. The van der Waals surface area contributed by atoms with Crippen LogP contribution in [0.2, 0.25) is 5.02 Å². The van der Waals surface area contributed by atoms with Gasteiger partial charge in [-0.15, -0.1) is 0 Å². The predicted molar refractivity (Wildman–Crippen MR) is 162 cm³/mol. The van der Waals surface area contributed by atoms with Crippen LogP contribution in [0.15, 0.2) is 108 Å². The van der Waals surface area contributed by atoms with Crippen molar-refractivity contribution in [2.45, 2.75) is 17.9 Å². The molecule has 1 heterocycles. The number of hydrogen-bond acceptors (Lipinski definition) is 5. The molecule has 0 saturated carbocycles. The van der Waals surface area contributed by atoms with Crippen LogP contribution in [0.5, 0.6) is 5.75 Å². The number of benzene rings is 4. The van der Waals surface area contributed by atoms with Gasteiger partial charge in [0, 0.05) is 31.9 Å². The smallest absolute Gasteiger partial charge is 0.261 e. The van der Waals surface area contributed by atoms with Crippen LogP contribution < -0.4 is 9.46 Å². The standard InChI is InChI=1S/C32H32ClN3O4S/c1-24-12-14-27(15-13-24)34-41(38,39)28-16-17-30(29(33)22-28)40-23-31(37)35-18-20-36(21-19-35)32(25-8-4-2-5-9-25)26-10-6-3-7-11-26/h2-17,22,32,34H,18-21,23H2,1H3. The molecule has 1 aliphatic rings. The van der Waals surface area contributed by atoms with E-state index < -0.39 is 10.0 Å². The SMILES string of the molecule is Cc1ccc(NS(=O)(=O)c2ccc(OCC(=O)N3CCN(C(c4ccccc4)c4ccccc4)CC3)c(Cl)c2)cc1. The van der Waals surface area contributed by atoms with Crippen molar-refractivity contribution >= 4 is 33.2 Å². The van der Waals surface area contributed by atoms with Crippen LogP contribution in [0.3, 0.4) is 0 Å². The molecule has 1 aliphatic heterocycles. The molecule has 0 aromatic heterocycles. The molecule has 212 valence electrons. The number of hydrogen-bond donors (Lipinski definition) is 1. The van der Waals surface area contributed by atoms with Crippen molar-refractivity contribution in [3.05, 3.63) is 125 Å². The summed E-state index contributed by atoms with van der Waals surface area (Å²) in [4.78, 5) is 17.2. The second-order valence-electron chi connectivity index (χ2n) is 9.99. The Kier molecular flexibility index (Phi) is 8.93. The van der Waals surface area contributed by atoms with E-state index in [1.807, 2.05) is 31.2 Å². The quantitative estimate of drug-likeness (QED) is 0.268. The Labute approximate surface area is 246 Å². The third-order valence-corrected chi connectivity index (χ3v) is 8.81. The lowest BCUT2D eigenvalue weighted by atomic mass is 9.96. The van der Waals surface area contributed by atoms with Crippen LogP contribution in [0.1, 0.15) is 22.7 Å². The number of piperazine rings is 1. The minimum Gasteiger partial charge on any atom is -0.482 e. The first-order valence-corrected chi connectivity index (χ1v) is 15.3. The highest BCUT2D eigenvalue weighted by Crippen LogP contribution is 2.30. The average Bonchev–Trinajstić information content (AvgIpc) is 2.99. The van der Waals surface area contributed by atoms with Crippen LogP contribution in [0, 0.1) is 6.92 Å². The first-order valence-electron chi connectivity index (χ1n) is 13.4. The van der Waals surface area contributed by atoms with Gasteiger partial charge in [-0.2, -0.15) is 0 Å². The third kappa shape index (κ3) is 7.08. The lowest BCUT2D eigenvalue weighted by molar-refractivity contribution is -0.135. The van der Waals surface area contributed by atoms with Crippen LogP contribution in [0.4, 0.5) is 5.69 Å².